The van der Waals surface area contributed by atoms with Gasteiger partial charge in [-0.3, -0.25) is 4.98 Å². The Morgan fingerprint density at radius 3 is 2.50 bits per heavy atom. The van der Waals surface area contributed by atoms with Gasteiger partial charge in [0.05, 0.1) is 24.0 Å². The highest BCUT2D eigenvalue weighted by Gasteiger charge is 2.15. The first-order chi connectivity index (χ1) is 13.5. The molecule has 28 heavy (non-hydrogen) atoms. The van der Waals surface area contributed by atoms with Crippen LogP contribution in [0.3, 0.4) is 0 Å². The molecule has 0 amide bonds. The van der Waals surface area contributed by atoms with Crippen LogP contribution >= 0.6 is 0 Å². The zero-order chi connectivity index (χ0) is 20.1. The van der Waals surface area contributed by atoms with Crippen molar-refractivity contribution in [3.8, 4) is 11.4 Å². The molecule has 0 unspecified atom stereocenters. The lowest BCUT2D eigenvalue weighted by Crippen LogP contribution is -2.30. The van der Waals surface area contributed by atoms with Crippen LogP contribution < -0.4 is 10.6 Å². The molecule has 0 saturated carbocycles. The largest absolute Gasteiger partial charge is 0.394 e. The quantitative estimate of drug-likeness (QED) is 0.568. The van der Waals surface area contributed by atoms with Gasteiger partial charge in [-0.15, -0.1) is 0 Å². The number of aliphatic hydroxyl groups is 1. The number of hydrogen-bond acceptors (Lipinski definition) is 6. The van der Waals surface area contributed by atoms with Crippen molar-refractivity contribution in [3.63, 3.8) is 0 Å². The number of aliphatic hydroxyl groups excluding tert-OH is 1. The van der Waals surface area contributed by atoms with Gasteiger partial charge in [0.1, 0.15) is 5.82 Å². The lowest BCUT2D eigenvalue weighted by molar-refractivity contribution is 0.248. The molecule has 0 saturated heterocycles. The molecular weight excluding hydrogens is 350 g/mol. The van der Waals surface area contributed by atoms with E-state index in [0.717, 1.165) is 16.9 Å². The fourth-order valence-corrected chi connectivity index (χ4v) is 2.82. The second-order valence-electron chi connectivity index (χ2n) is 7.30. The Morgan fingerprint density at radius 1 is 1.00 bits per heavy atom. The molecule has 0 spiro atoms. The number of aryl methyl sites for hydroxylation is 2. The van der Waals surface area contributed by atoms with E-state index in [1.807, 2.05) is 38.1 Å². The molecule has 3 N–H and O–H groups in total. The molecule has 1 aromatic carbocycles. The predicted molar refractivity (Wildman–Crippen MR) is 114 cm³/mol. The third-order valence-corrected chi connectivity index (χ3v) is 4.63. The van der Waals surface area contributed by atoms with Crippen LogP contribution in [0.2, 0.25) is 0 Å². The van der Waals surface area contributed by atoms with E-state index in [-0.39, 0.29) is 18.6 Å². The lowest BCUT2D eigenvalue weighted by atomic mass is 10.1. The SMILES string of the molecule is Cc1ccc(C)c(Nc2cc(-c3ccccn3)nc(N[C@@H](CO)C(C)C)n2)c1. The molecular formula is C22H27N5O. The second-order valence-corrected chi connectivity index (χ2v) is 7.30. The molecule has 0 aliphatic carbocycles. The molecule has 3 rings (SSSR count). The van der Waals surface area contributed by atoms with Crippen molar-refractivity contribution in [1.29, 1.82) is 0 Å². The van der Waals surface area contributed by atoms with Crippen molar-refractivity contribution in [2.24, 2.45) is 5.92 Å². The van der Waals surface area contributed by atoms with Crippen LogP contribution in [-0.4, -0.2) is 32.7 Å². The minimum Gasteiger partial charge on any atom is -0.394 e. The van der Waals surface area contributed by atoms with Gasteiger partial charge >= 0.3 is 0 Å². The van der Waals surface area contributed by atoms with Gasteiger partial charge in [0.2, 0.25) is 5.95 Å². The fourth-order valence-electron chi connectivity index (χ4n) is 2.82. The zero-order valence-electron chi connectivity index (χ0n) is 16.8. The van der Waals surface area contributed by atoms with Crippen LogP contribution in [0.5, 0.6) is 0 Å². The van der Waals surface area contributed by atoms with Gasteiger partial charge < -0.3 is 15.7 Å². The third-order valence-electron chi connectivity index (χ3n) is 4.63. The number of benzene rings is 1. The van der Waals surface area contributed by atoms with Crippen molar-refractivity contribution in [1.82, 2.24) is 15.0 Å². The number of rotatable bonds is 7. The summed E-state index contributed by atoms with van der Waals surface area (Å²) in [6.07, 6.45) is 1.74. The van der Waals surface area contributed by atoms with Crippen molar-refractivity contribution in [2.45, 2.75) is 33.7 Å². The molecule has 0 aliphatic rings. The Bertz CT molecular complexity index is 927. The normalized spacial score (nSPS) is 12.1. The molecule has 6 heteroatoms. The van der Waals surface area contributed by atoms with Crippen LogP contribution in [0.15, 0.2) is 48.7 Å². The molecule has 3 aromatic rings. The highest BCUT2D eigenvalue weighted by Crippen LogP contribution is 2.25. The average Bonchev–Trinajstić information content (AvgIpc) is 2.69. The summed E-state index contributed by atoms with van der Waals surface area (Å²) in [5, 5.41) is 16.3. The summed E-state index contributed by atoms with van der Waals surface area (Å²) < 4.78 is 0. The maximum absolute atomic E-state index is 9.67. The molecule has 0 fully saturated rings. The first-order valence-electron chi connectivity index (χ1n) is 9.48. The fraction of sp³-hybridized carbons (Fsp3) is 0.318. The van der Waals surface area contributed by atoms with E-state index in [4.69, 9.17) is 0 Å². The first-order valence-corrected chi connectivity index (χ1v) is 9.48. The van der Waals surface area contributed by atoms with E-state index >= 15 is 0 Å². The summed E-state index contributed by atoms with van der Waals surface area (Å²) in [5.74, 6) is 1.37. The monoisotopic (exact) mass is 377 g/mol. The van der Waals surface area contributed by atoms with E-state index in [2.05, 4.69) is 57.6 Å². The van der Waals surface area contributed by atoms with Crippen molar-refractivity contribution in [3.05, 3.63) is 59.8 Å². The zero-order valence-corrected chi connectivity index (χ0v) is 16.8. The topological polar surface area (TPSA) is 83.0 Å². The Kier molecular flexibility index (Phi) is 6.21. The van der Waals surface area contributed by atoms with Gasteiger partial charge in [0.15, 0.2) is 0 Å². The number of nitrogens with zero attached hydrogens (tertiary/aromatic N) is 3. The van der Waals surface area contributed by atoms with Gasteiger partial charge in [0, 0.05) is 18.0 Å². The van der Waals surface area contributed by atoms with Gasteiger partial charge in [-0.05, 0) is 49.1 Å². The number of aromatic nitrogens is 3. The Balaban J connectivity index is 2.00. The van der Waals surface area contributed by atoms with E-state index in [9.17, 15) is 5.11 Å². The molecule has 0 bridgehead atoms. The average molecular weight is 377 g/mol. The molecule has 6 nitrogen and oxygen atoms in total. The molecule has 0 aliphatic heterocycles. The van der Waals surface area contributed by atoms with E-state index in [1.165, 1.54) is 5.56 Å². The summed E-state index contributed by atoms with van der Waals surface area (Å²) in [5.41, 5.74) is 4.78. The summed E-state index contributed by atoms with van der Waals surface area (Å²) in [6, 6.07) is 13.7. The maximum Gasteiger partial charge on any atom is 0.225 e. The van der Waals surface area contributed by atoms with Crippen LogP contribution in [0, 0.1) is 19.8 Å². The standard InChI is InChI=1S/C22H27N5O/c1-14(2)20(13-28)26-22-25-19(17-7-5-6-10-23-17)12-21(27-22)24-18-11-15(3)8-9-16(18)4/h5-12,14,20,28H,13H2,1-4H3,(H2,24,25,26,27)/t20-/m0/s1. The summed E-state index contributed by atoms with van der Waals surface area (Å²) in [6.45, 7) is 8.22. The van der Waals surface area contributed by atoms with Gasteiger partial charge in [0.25, 0.3) is 0 Å². The minimum atomic E-state index is -0.132. The van der Waals surface area contributed by atoms with Crippen molar-refractivity contribution in [2.75, 3.05) is 17.2 Å². The van der Waals surface area contributed by atoms with Gasteiger partial charge in [-0.25, -0.2) is 4.98 Å². The Morgan fingerprint density at radius 2 is 1.82 bits per heavy atom. The van der Waals surface area contributed by atoms with Crippen molar-refractivity contribution < 1.29 is 5.11 Å². The number of pyridine rings is 1. The van der Waals surface area contributed by atoms with E-state index < -0.39 is 0 Å². The second kappa shape index (κ2) is 8.80. The lowest BCUT2D eigenvalue weighted by Gasteiger charge is -2.21. The minimum absolute atomic E-state index is 0.00852. The molecule has 1 atom stereocenters. The first kappa shape index (κ1) is 19.8. The van der Waals surface area contributed by atoms with Crippen molar-refractivity contribution >= 4 is 17.5 Å². The molecule has 2 heterocycles. The Hall–Kier alpha value is -2.99. The number of nitrogens with one attached hydrogen (secondary N) is 2. The number of anilines is 3. The summed E-state index contributed by atoms with van der Waals surface area (Å²) in [7, 11) is 0. The highest BCUT2D eigenvalue weighted by molar-refractivity contribution is 5.67. The molecule has 0 radical (unpaired) electrons. The van der Waals surface area contributed by atoms with E-state index in [0.29, 0.717) is 17.5 Å². The van der Waals surface area contributed by atoms with Crippen LogP contribution in [0.4, 0.5) is 17.5 Å². The molecule has 2 aromatic heterocycles. The summed E-state index contributed by atoms with van der Waals surface area (Å²) in [4.78, 5) is 13.7. The summed E-state index contributed by atoms with van der Waals surface area (Å²) >= 11 is 0. The molecule has 146 valence electrons. The third kappa shape index (κ3) is 4.84. The van der Waals surface area contributed by atoms with Gasteiger partial charge in [-0.1, -0.05) is 32.0 Å². The van der Waals surface area contributed by atoms with Crippen LogP contribution in [-0.2, 0) is 0 Å². The van der Waals surface area contributed by atoms with E-state index in [1.54, 1.807) is 6.20 Å². The Labute approximate surface area is 166 Å². The van der Waals surface area contributed by atoms with Gasteiger partial charge in [-0.2, -0.15) is 4.98 Å². The number of hydrogen-bond donors (Lipinski definition) is 3. The smallest absolute Gasteiger partial charge is 0.225 e. The maximum atomic E-state index is 9.67. The van der Waals surface area contributed by atoms with Crippen LogP contribution in [0.25, 0.3) is 11.4 Å². The highest BCUT2D eigenvalue weighted by atomic mass is 16.3. The van der Waals surface area contributed by atoms with Crippen LogP contribution in [0.1, 0.15) is 25.0 Å². The predicted octanol–water partition coefficient (Wildman–Crippen LogP) is 4.33.